The topological polar surface area (TPSA) is 49.4 Å². The molecule has 0 aliphatic carbocycles. The van der Waals surface area contributed by atoms with Crippen LogP contribution < -0.4 is 10.2 Å². The SMILES string of the molecule is Cc1cc(Br)cc(N2CC(=O)NC(C)(C)C2=O)c1. The molecule has 1 fully saturated rings. The number of carbonyl (C=O) groups excluding carboxylic acids is 2. The van der Waals surface area contributed by atoms with Gasteiger partial charge in [-0.15, -0.1) is 0 Å². The zero-order chi connectivity index (χ0) is 13.5. The fraction of sp³-hybridized carbons (Fsp3) is 0.385. The van der Waals surface area contributed by atoms with Crippen molar-refractivity contribution in [1.82, 2.24) is 5.32 Å². The minimum absolute atomic E-state index is 0.0676. The first-order valence-electron chi connectivity index (χ1n) is 5.70. The van der Waals surface area contributed by atoms with Crippen molar-refractivity contribution in [3.63, 3.8) is 0 Å². The van der Waals surface area contributed by atoms with Crippen molar-refractivity contribution in [2.24, 2.45) is 0 Å². The van der Waals surface area contributed by atoms with Crippen molar-refractivity contribution in [2.45, 2.75) is 26.3 Å². The normalized spacial score (nSPS) is 18.8. The summed E-state index contributed by atoms with van der Waals surface area (Å²) in [6.45, 7) is 5.44. The first-order valence-corrected chi connectivity index (χ1v) is 6.49. The van der Waals surface area contributed by atoms with E-state index in [-0.39, 0.29) is 18.4 Å². The fourth-order valence-corrected chi connectivity index (χ4v) is 2.67. The van der Waals surface area contributed by atoms with Gasteiger partial charge < -0.3 is 10.2 Å². The van der Waals surface area contributed by atoms with Crippen molar-refractivity contribution in [3.8, 4) is 0 Å². The van der Waals surface area contributed by atoms with Crippen molar-refractivity contribution >= 4 is 33.4 Å². The van der Waals surface area contributed by atoms with E-state index in [0.717, 1.165) is 15.7 Å². The summed E-state index contributed by atoms with van der Waals surface area (Å²) in [5.41, 5.74) is 0.928. The lowest BCUT2D eigenvalue weighted by Gasteiger charge is -2.37. The van der Waals surface area contributed by atoms with Gasteiger partial charge in [-0.05, 0) is 44.5 Å². The molecule has 1 heterocycles. The van der Waals surface area contributed by atoms with Gasteiger partial charge in [0.05, 0.1) is 0 Å². The number of amides is 2. The Morgan fingerprint density at radius 2 is 1.94 bits per heavy atom. The average Bonchev–Trinajstić information content (AvgIpc) is 2.21. The van der Waals surface area contributed by atoms with Crippen LogP contribution in [0.1, 0.15) is 19.4 Å². The smallest absolute Gasteiger partial charge is 0.252 e. The second-order valence-corrected chi connectivity index (χ2v) is 5.97. The Morgan fingerprint density at radius 1 is 1.28 bits per heavy atom. The van der Waals surface area contributed by atoms with Gasteiger partial charge in [0, 0.05) is 10.2 Å². The van der Waals surface area contributed by atoms with Gasteiger partial charge in [0.25, 0.3) is 5.91 Å². The molecule has 0 atom stereocenters. The predicted octanol–water partition coefficient (Wildman–Crippen LogP) is 2.00. The van der Waals surface area contributed by atoms with Gasteiger partial charge in [-0.25, -0.2) is 0 Å². The highest BCUT2D eigenvalue weighted by Crippen LogP contribution is 2.26. The minimum Gasteiger partial charge on any atom is -0.341 e. The Hall–Kier alpha value is -1.36. The number of rotatable bonds is 1. The first kappa shape index (κ1) is 13.1. The molecule has 18 heavy (non-hydrogen) atoms. The van der Waals surface area contributed by atoms with E-state index in [9.17, 15) is 9.59 Å². The van der Waals surface area contributed by atoms with Crippen molar-refractivity contribution in [2.75, 3.05) is 11.4 Å². The zero-order valence-corrected chi connectivity index (χ0v) is 12.2. The van der Waals surface area contributed by atoms with Crippen LogP contribution in [0.3, 0.4) is 0 Å². The third kappa shape index (κ3) is 2.41. The summed E-state index contributed by atoms with van der Waals surface area (Å²) in [4.78, 5) is 25.5. The molecule has 2 amide bonds. The number of piperazine rings is 1. The number of benzene rings is 1. The molecule has 4 nitrogen and oxygen atoms in total. The van der Waals surface area contributed by atoms with E-state index < -0.39 is 5.54 Å². The minimum atomic E-state index is -0.856. The van der Waals surface area contributed by atoms with E-state index in [0.29, 0.717) is 0 Å². The number of halogens is 1. The highest BCUT2D eigenvalue weighted by molar-refractivity contribution is 9.10. The second-order valence-electron chi connectivity index (χ2n) is 5.05. The molecule has 0 radical (unpaired) electrons. The Labute approximate surface area is 114 Å². The first-order chi connectivity index (χ1) is 8.29. The summed E-state index contributed by atoms with van der Waals surface area (Å²) < 4.78 is 0.897. The van der Waals surface area contributed by atoms with Gasteiger partial charge in [0.2, 0.25) is 5.91 Å². The third-order valence-electron chi connectivity index (χ3n) is 2.87. The van der Waals surface area contributed by atoms with Crippen LogP contribution in [0.15, 0.2) is 22.7 Å². The molecule has 1 N–H and O–H groups in total. The number of anilines is 1. The molecular weight excluding hydrogens is 296 g/mol. The lowest BCUT2D eigenvalue weighted by atomic mass is 9.99. The molecule has 0 bridgehead atoms. The van der Waals surface area contributed by atoms with Gasteiger partial charge in [0.15, 0.2) is 0 Å². The largest absolute Gasteiger partial charge is 0.341 e. The molecular formula is C13H15BrN2O2. The van der Waals surface area contributed by atoms with E-state index >= 15 is 0 Å². The second kappa shape index (κ2) is 4.39. The Kier molecular flexibility index (Phi) is 3.19. The number of hydrogen-bond donors (Lipinski definition) is 1. The molecule has 1 aromatic carbocycles. The van der Waals surface area contributed by atoms with Crippen molar-refractivity contribution < 1.29 is 9.59 Å². The molecule has 1 aliphatic rings. The Balaban J connectivity index is 2.42. The molecule has 1 aliphatic heterocycles. The third-order valence-corrected chi connectivity index (χ3v) is 3.33. The summed E-state index contributed by atoms with van der Waals surface area (Å²) in [6.07, 6.45) is 0. The van der Waals surface area contributed by atoms with Crippen LogP contribution in [0.2, 0.25) is 0 Å². The molecule has 2 rings (SSSR count). The number of aryl methyl sites for hydroxylation is 1. The molecule has 1 saturated heterocycles. The molecule has 0 spiro atoms. The lowest BCUT2D eigenvalue weighted by molar-refractivity contribution is -0.134. The highest BCUT2D eigenvalue weighted by atomic mass is 79.9. The number of carbonyl (C=O) groups is 2. The molecule has 1 aromatic rings. The molecule has 5 heteroatoms. The van der Waals surface area contributed by atoms with Gasteiger partial charge in [-0.3, -0.25) is 9.59 Å². The van der Waals surface area contributed by atoms with Gasteiger partial charge in [0.1, 0.15) is 12.1 Å². The van der Waals surface area contributed by atoms with Gasteiger partial charge >= 0.3 is 0 Å². The van der Waals surface area contributed by atoms with Crippen molar-refractivity contribution in [3.05, 3.63) is 28.2 Å². The monoisotopic (exact) mass is 310 g/mol. The standard InChI is InChI=1S/C13H15BrN2O2/c1-8-4-9(14)6-10(5-8)16-7-11(17)15-13(2,3)12(16)18/h4-6H,7H2,1-3H3,(H,15,17). The van der Waals surface area contributed by atoms with Crippen LogP contribution >= 0.6 is 15.9 Å². The molecule has 0 saturated carbocycles. The Bertz CT molecular complexity index is 505. The van der Waals surface area contributed by atoms with Crippen LogP contribution in [0.5, 0.6) is 0 Å². The number of nitrogens with one attached hydrogen (secondary N) is 1. The van der Waals surface area contributed by atoms with E-state index in [4.69, 9.17) is 0 Å². The summed E-state index contributed by atoms with van der Waals surface area (Å²) in [5, 5.41) is 2.69. The van der Waals surface area contributed by atoms with E-state index in [1.807, 2.05) is 25.1 Å². The number of nitrogens with zero attached hydrogens (tertiary/aromatic N) is 1. The maximum Gasteiger partial charge on any atom is 0.252 e. The maximum atomic E-state index is 12.3. The van der Waals surface area contributed by atoms with Gasteiger partial charge in [-0.2, -0.15) is 0 Å². The Morgan fingerprint density at radius 3 is 2.56 bits per heavy atom. The van der Waals surface area contributed by atoms with E-state index in [1.54, 1.807) is 13.8 Å². The quantitative estimate of drug-likeness (QED) is 0.862. The molecule has 0 aromatic heterocycles. The van der Waals surface area contributed by atoms with Gasteiger partial charge in [-0.1, -0.05) is 15.9 Å². The van der Waals surface area contributed by atoms with E-state index in [1.165, 1.54) is 4.90 Å². The highest BCUT2D eigenvalue weighted by Gasteiger charge is 2.39. The van der Waals surface area contributed by atoms with Crippen molar-refractivity contribution in [1.29, 1.82) is 0 Å². The average molecular weight is 311 g/mol. The predicted molar refractivity (Wildman–Crippen MR) is 73.5 cm³/mol. The maximum absolute atomic E-state index is 12.3. The van der Waals surface area contributed by atoms with E-state index in [2.05, 4.69) is 21.2 Å². The lowest BCUT2D eigenvalue weighted by Crippen LogP contribution is -2.64. The van der Waals surface area contributed by atoms with Crippen LogP contribution in [0.4, 0.5) is 5.69 Å². The van der Waals surface area contributed by atoms with Crippen LogP contribution in [0.25, 0.3) is 0 Å². The summed E-state index contributed by atoms with van der Waals surface area (Å²) in [5.74, 6) is -0.239. The zero-order valence-electron chi connectivity index (χ0n) is 10.6. The molecule has 0 unspecified atom stereocenters. The number of hydrogen-bond acceptors (Lipinski definition) is 2. The summed E-state index contributed by atoms with van der Waals surface area (Å²) >= 11 is 3.40. The molecule has 96 valence electrons. The van der Waals surface area contributed by atoms with Crippen LogP contribution in [-0.4, -0.2) is 23.9 Å². The van der Waals surface area contributed by atoms with Crippen LogP contribution in [0, 0.1) is 6.92 Å². The summed E-state index contributed by atoms with van der Waals surface area (Å²) in [7, 11) is 0. The fourth-order valence-electron chi connectivity index (χ4n) is 2.08. The van der Waals surface area contributed by atoms with Crippen LogP contribution in [-0.2, 0) is 9.59 Å². The summed E-state index contributed by atoms with van der Waals surface area (Å²) in [6, 6.07) is 5.71.